The highest BCUT2D eigenvalue weighted by atomic mass is 32.1. The Labute approximate surface area is 172 Å². The standard InChI is InChI=1S/C21H20N6OS/c28-21(18-13-24-29-27-18)23-14-19-25-17-11-5-4-10-16(17)20(26-19)22-12-6-9-15-7-2-1-3-8-15/h1-5,7-8,10-11,13H,6,9,12,14H2,(H,23,28)(H,22,25,26). The summed E-state index contributed by atoms with van der Waals surface area (Å²) in [6.07, 6.45) is 3.44. The van der Waals surface area contributed by atoms with Crippen molar-refractivity contribution in [2.45, 2.75) is 19.4 Å². The number of rotatable bonds is 8. The van der Waals surface area contributed by atoms with Crippen molar-refractivity contribution in [1.82, 2.24) is 24.0 Å². The van der Waals surface area contributed by atoms with E-state index < -0.39 is 0 Å². The molecule has 0 saturated carbocycles. The van der Waals surface area contributed by atoms with Crippen molar-refractivity contribution < 1.29 is 4.79 Å². The minimum Gasteiger partial charge on any atom is -0.369 e. The van der Waals surface area contributed by atoms with E-state index in [1.165, 1.54) is 11.8 Å². The zero-order chi connectivity index (χ0) is 19.9. The Morgan fingerprint density at radius 3 is 2.66 bits per heavy atom. The molecule has 4 rings (SSSR count). The molecule has 0 aliphatic heterocycles. The molecule has 0 saturated heterocycles. The van der Waals surface area contributed by atoms with Crippen LogP contribution in [0.4, 0.5) is 5.82 Å². The molecule has 8 heteroatoms. The number of aromatic nitrogens is 4. The molecule has 0 radical (unpaired) electrons. The summed E-state index contributed by atoms with van der Waals surface area (Å²) in [7, 11) is 0. The van der Waals surface area contributed by atoms with Gasteiger partial charge in [0.15, 0.2) is 11.5 Å². The quantitative estimate of drug-likeness (QED) is 0.437. The Morgan fingerprint density at radius 2 is 1.83 bits per heavy atom. The lowest BCUT2D eigenvalue weighted by atomic mass is 10.1. The normalized spacial score (nSPS) is 10.8. The second kappa shape index (κ2) is 9.20. The maximum absolute atomic E-state index is 12.1. The number of amides is 1. The molecule has 0 atom stereocenters. The predicted octanol–water partition coefficient (Wildman–Crippen LogP) is 3.46. The van der Waals surface area contributed by atoms with Crippen molar-refractivity contribution in [2.75, 3.05) is 11.9 Å². The van der Waals surface area contributed by atoms with E-state index in [1.54, 1.807) is 0 Å². The summed E-state index contributed by atoms with van der Waals surface area (Å²) in [6.45, 7) is 1.02. The number of carbonyl (C=O) groups is 1. The number of benzene rings is 2. The van der Waals surface area contributed by atoms with Crippen LogP contribution in [0.1, 0.15) is 28.3 Å². The number of hydrogen-bond donors (Lipinski definition) is 2. The van der Waals surface area contributed by atoms with Crippen LogP contribution < -0.4 is 10.6 Å². The summed E-state index contributed by atoms with van der Waals surface area (Å²) in [5.41, 5.74) is 2.46. The summed E-state index contributed by atoms with van der Waals surface area (Å²) in [5.74, 6) is 1.04. The number of aryl methyl sites for hydroxylation is 1. The molecule has 0 unspecified atom stereocenters. The first-order valence-electron chi connectivity index (χ1n) is 9.39. The summed E-state index contributed by atoms with van der Waals surface area (Å²) in [4.78, 5) is 21.3. The number of fused-ring (bicyclic) bond motifs is 1. The van der Waals surface area contributed by atoms with Crippen LogP contribution in [-0.2, 0) is 13.0 Å². The first-order chi connectivity index (χ1) is 14.3. The number of anilines is 1. The molecule has 0 spiro atoms. The van der Waals surface area contributed by atoms with Crippen LogP contribution in [0.3, 0.4) is 0 Å². The number of para-hydroxylation sites is 1. The molecule has 0 aliphatic carbocycles. The predicted molar refractivity (Wildman–Crippen MR) is 114 cm³/mol. The third kappa shape index (κ3) is 4.91. The minimum atomic E-state index is -0.284. The summed E-state index contributed by atoms with van der Waals surface area (Å²) in [5, 5.41) is 7.19. The average molecular weight is 404 g/mol. The Bertz CT molecular complexity index is 1080. The molecule has 2 aromatic carbocycles. The van der Waals surface area contributed by atoms with Crippen LogP contribution in [0.25, 0.3) is 10.9 Å². The maximum atomic E-state index is 12.1. The van der Waals surface area contributed by atoms with Crippen molar-refractivity contribution in [3.05, 3.63) is 77.9 Å². The number of carbonyl (C=O) groups excluding carboxylic acids is 1. The van der Waals surface area contributed by atoms with Gasteiger partial charge in [0.25, 0.3) is 5.91 Å². The highest BCUT2D eigenvalue weighted by Crippen LogP contribution is 2.20. The van der Waals surface area contributed by atoms with E-state index in [4.69, 9.17) is 0 Å². The summed E-state index contributed by atoms with van der Waals surface area (Å²) in [6, 6.07) is 18.3. The lowest BCUT2D eigenvalue weighted by molar-refractivity contribution is 0.0946. The number of hydrogen-bond acceptors (Lipinski definition) is 7. The summed E-state index contributed by atoms with van der Waals surface area (Å²) >= 11 is 1.00. The first-order valence-corrected chi connectivity index (χ1v) is 10.1. The highest BCUT2D eigenvalue weighted by molar-refractivity contribution is 6.99. The zero-order valence-electron chi connectivity index (χ0n) is 15.7. The van der Waals surface area contributed by atoms with Crippen molar-refractivity contribution in [2.24, 2.45) is 0 Å². The maximum Gasteiger partial charge on any atom is 0.273 e. The summed E-state index contributed by atoms with van der Waals surface area (Å²) < 4.78 is 7.78. The fraction of sp³-hybridized carbons (Fsp3) is 0.190. The van der Waals surface area contributed by atoms with Gasteiger partial charge in [0, 0.05) is 11.9 Å². The van der Waals surface area contributed by atoms with Crippen molar-refractivity contribution in [3.8, 4) is 0 Å². The highest BCUT2D eigenvalue weighted by Gasteiger charge is 2.11. The van der Waals surface area contributed by atoms with Crippen LogP contribution in [0.15, 0.2) is 60.8 Å². The van der Waals surface area contributed by atoms with E-state index in [1.807, 2.05) is 30.3 Å². The van der Waals surface area contributed by atoms with Crippen molar-refractivity contribution in [1.29, 1.82) is 0 Å². The molecule has 146 valence electrons. The SMILES string of the molecule is O=C(NCc1nc(NCCCc2ccccc2)c2ccccc2n1)c1cnsn1. The molecule has 29 heavy (non-hydrogen) atoms. The van der Waals surface area contributed by atoms with Gasteiger partial charge in [-0.15, -0.1) is 0 Å². The van der Waals surface area contributed by atoms with Crippen LogP contribution in [0.2, 0.25) is 0 Å². The third-order valence-corrected chi connectivity index (χ3v) is 4.91. The zero-order valence-corrected chi connectivity index (χ0v) is 16.5. The van der Waals surface area contributed by atoms with E-state index in [9.17, 15) is 4.79 Å². The number of nitrogens with zero attached hydrogens (tertiary/aromatic N) is 4. The smallest absolute Gasteiger partial charge is 0.273 e. The van der Waals surface area contributed by atoms with Gasteiger partial charge in [-0.2, -0.15) is 8.75 Å². The van der Waals surface area contributed by atoms with Gasteiger partial charge in [-0.1, -0.05) is 42.5 Å². The van der Waals surface area contributed by atoms with E-state index >= 15 is 0 Å². The molecule has 0 aliphatic rings. The fourth-order valence-corrected chi connectivity index (χ4v) is 3.41. The van der Waals surface area contributed by atoms with Gasteiger partial charge >= 0.3 is 0 Å². The third-order valence-electron chi connectivity index (χ3n) is 4.43. The second-order valence-electron chi connectivity index (χ2n) is 6.50. The Kier molecular flexibility index (Phi) is 6.01. The minimum absolute atomic E-state index is 0.222. The van der Waals surface area contributed by atoms with Crippen LogP contribution >= 0.6 is 11.7 Å². The lowest BCUT2D eigenvalue weighted by Gasteiger charge is -2.11. The monoisotopic (exact) mass is 404 g/mol. The topological polar surface area (TPSA) is 92.7 Å². The van der Waals surface area contributed by atoms with Gasteiger partial charge < -0.3 is 10.6 Å². The molecule has 0 bridgehead atoms. The average Bonchev–Trinajstić information content (AvgIpc) is 3.31. The van der Waals surface area contributed by atoms with Gasteiger partial charge in [0.1, 0.15) is 5.82 Å². The molecular formula is C21H20N6OS. The molecule has 2 heterocycles. The van der Waals surface area contributed by atoms with Gasteiger partial charge in [-0.3, -0.25) is 4.79 Å². The second-order valence-corrected chi connectivity index (χ2v) is 7.05. The van der Waals surface area contributed by atoms with E-state index in [2.05, 4.69) is 53.6 Å². The van der Waals surface area contributed by atoms with Crippen molar-refractivity contribution in [3.63, 3.8) is 0 Å². The largest absolute Gasteiger partial charge is 0.369 e. The molecule has 2 N–H and O–H groups in total. The first kappa shape index (κ1) is 18.9. The van der Waals surface area contributed by atoms with E-state index in [-0.39, 0.29) is 12.5 Å². The van der Waals surface area contributed by atoms with Gasteiger partial charge in [-0.05, 0) is 30.5 Å². The van der Waals surface area contributed by atoms with Crippen LogP contribution in [-0.4, -0.2) is 31.2 Å². The molecule has 2 aromatic heterocycles. The molecule has 7 nitrogen and oxygen atoms in total. The lowest BCUT2D eigenvalue weighted by Crippen LogP contribution is -2.24. The molecule has 1 amide bonds. The molecule has 4 aromatic rings. The molecular weight excluding hydrogens is 384 g/mol. The Balaban J connectivity index is 1.43. The van der Waals surface area contributed by atoms with E-state index in [0.717, 1.165) is 47.8 Å². The van der Waals surface area contributed by atoms with Crippen LogP contribution in [0.5, 0.6) is 0 Å². The van der Waals surface area contributed by atoms with Gasteiger partial charge in [0.2, 0.25) is 0 Å². The Hall–Kier alpha value is -3.39. The number of nitrogens with one attached hydrogen (secondary N) is 2. The fourth-order valence-electron chi connectivity index (χ4n) is 3.00. The van der Waals surface area contributed by atoms with Gasteiger partial charge in [-0.25, -0.2) is 9.97 Å². The van der Waals surface area contributed by atoms with Crippen LogP contribution in [0, 0.1) is 0 Å². The van der Waals surface area contributed by atoms with Crippen molar-refractivity contribution >= 4 is 34.4 Å². The van der Waals surface area contributed by atoms with E-state index in [0.29, 0.717) is 11.5 Å². The Morgan fingerprint density at radius 1 is 1.00 bits per heavy atom. The molecule has 0 fully saturated rings. The van der Waals surface area contributed by atoms with Gasteiger partial charge in [0.05, 0.1) is 30.0 Å².